The zero-order chi connectivity index (χ0) is 16.5. The maximum absolute atomic E-state index is 12.5. The van der Waals surface area contributed by atoms with Crippen molar-refractivity contribution in [2.75, 3.05) is 5.32 Å². The monoisotopic (exact) mass is 315 g/mol. The highest BCUT2D eigenvalue weighted by atomic mass is 16.5. The van der Waals surface area contributed by atoms with Crippen molar-refractivity contribution in [3.63, 3.8) is 0 Å². The standard InChI is InChI=1S/C20H13NO3/c22-12-13-5-7-14(8-6-13)15-9-10-18-16(11-15)20(23)21-17-3-1-2-4-19(17)24-18/h1-12H,(H,21,23). The highest BCUT2D eigenvalue weighted by Crippen LogP contribution is 2.37. The van der Waals surface area contributed by atoms with E-state index >= 15 is 0 Å². The normalized spacial score (nSPS) is 12.2. The molecule has 0 aliphatic carbocycles. The van der Waals surface area contributed by atoms with Gasteiger partial charge >= 0.3 is 0 Å². The van der Waals surface area contributed by atoms with Gasteiger partial charge in [0, 0.05) is 5.56 Å². The fourth-order valence-corrected chi connectivity index (χ4v) is 2.70. The van der Waals surface area contributed by atoms with Crippen LogP contribution in [0.3, 0.4) is 0 Å². The number of hydrogen-bond donors (Lipinski definition) is 1. The Morgan fingerprint density at radius 2 is 1.58 bits per heavy atom. The van der Waals surface area contributed by atoms with Crippen molar-refractivity contribution in [1.82, 2.24) is 0 Å². The second kappa shape index (κ2) is 5.66. The van der Waals surface area contributed by atoms with Gasteiger partial charge in [-0.3, -0.25) is 9.59 Å². The third-order valence-electron chi connectivity index (χ3n) is 3.96. The first-order valence-corrected chi connectivity index (χ1v) is 7.52. The van der Waals surface area contributed by atoms with Crippen molar-refractivity contribution in [3.05, 3.63) is 77.9 Å². The minimum absolute atomic E-state index is 0.207. The molecule has 1 heterocycles. The minimum atomic E-state index is -0.207. The molecule has 0 saturated heterocycles. The average molecular weight is 315 g/mol. The van der Waals surface area contributed by atoms with Gasteiger partial charge in [0.2, 0.25) is 0 Å². The molecule has 0 saturated carbocycles. The quantitative estimate of drug-likeness (QED) is 0.707. The number of anilines is 1. The lowest BCUT2D eigenvalue weighted by Crippen LogP contribution is -2.10. The molecule has 24 heavy (non-hydrogen) atoms. The van der Waals surface area contributed by atoms with Gasteiger partial charge in [0.15, 0.2) is 5.75 Å². The molecule has 4 heteroatoms. The number of carbonyl (C=O) groups excluding carboxylic acids is 2. The van der Waals surface area contributed by atoms with Gasteiger partial charge in [-0.1, -0.05) is 42.5 Å². The van der Waals surface area contributed by atoms with Crippen LogP contribution >= 0.6 is 0 Å². The van der Waals surface area contributed by atoms with Crippen LogP contribution in [0, 0.1) is 0 Å². The molecule has 0 unspecified atom stereocenters. The highest BCUT2D eigenvalue weighted by Gasteiger charge is 2.21. The van der Waals surface area contributed by atoms with Crippen LogP contribution in [0.5, 0.6) is 11.5 Å². The summed E-state index contributed by atoms with van der Waals surface area (Å²) in [5.74, 6) is 0.930. The summed E-state index contributed by atoms with van der Waals surface area (Å²) in [4.78, 5) is 23.3. The summed E-state index contributed by atoms with van der Waals surface area (Å²) < 4.78 is 5.87. The van der Waals surface area contributed by atoms with Gasteiger partial charge in [-0.25, -0.2) is 0 Å². The Morgan fingerprint density at radius 3 is 2.38 bits per heavy atom. The van der Waals surface area contributed by atoms with E-state index in [4.69, 9.17) is 4.74 Å². The molecule has 116 valence electrons. The molecule has 4 rings (SSSR count). The number of carbonyl (C=O) groups is 2. The molecular weight excluding hydrogens is 302 g/mol. The molecule has 1 aliphatic rings. The van der Waals surface area contributed by atoms with Crippen LogP contribution in [0.4, 0.5) is 5.69 Å². The van der Waals surface area contributed by atoms with E-state index in [1.807, 2.05) is 36.4 Å². The fourth-order valence-electron chi connectivity index (χ4n) is 2.70. The lowest BCUT2D eigenvalue weighted by Gasteiger charge is -2.09. The summed E-state index contributed by atoms with van der Waals surface area (Å²) in [5, 5.41) is 2.87. The van der Waals surface area contributed by atoms with Crippen LogP contribution in [0.2, 0.25) is 0 Å². The second-order valence-electron chi connectivity index (χ2n) is 5.50. The van der Waals surface area contributed by atoms with E-state index in [1.165, 1.54) is 0 Å². The number of nitrogens with one attached hydrogen (secondary N) is 1. The van der Waals surface area contributed by atoms with Gasteiger partial charge in [0.05, 0.1) is 11.3 Å². The highest BCUT2D eigenvalue weighted by molar-refractivity contribution is 6.08. The average Bonchev–Trinajstić information content (AvgIpc) is 2.77. The Bertz CT molecular complexity index is 945. The molecule has 0 atom stereocenters. The van der Waals surface area contributed by atoms with Gasteiger partial charge in [0.1, 0.15) is 12.0 Å². The molecule has 0 spiro atoms. The van der Waals surface area contributed by atoms with E-state index in [-0.39, 0.29) is 5.91 Å². The van der Waals surface area contributed by atoms with Crippen molar-refractivity contribution in [2.45, 2.75) is 0 Å². The topological polar surface area (TPSA) is 55.4 Å². The number of amides is 1. The zero-order valence-electron chi connectivity index (χ0n) is 12.7. The van der Waals surface area contributed by atoms with Gasteiger partial charge in [-0.05, 0) is 35.4 Å². The van der Waals surface area contributed by atoms with Crippen LogP contribution < -0.4 is 10.1 Å². The summed E-state index contributed by atoms with van der Waals surface area (Å²) in [5.41, 5.74) is 3.55. The number of benzene rings is 3. The zero-order valence-corrected chi connectivity index (χ0v) is 12.7. The van der Waals surface area contributed by atoms with Gasteiger partial charge < -0.3 is 10.1 Å². The van der Waals surface area contributed by atoms with Gasteiger partial charge in [-0.15, -0.1) is 0 Å². The van der Waals surface area contributed by atoms with Crippen LogP contribution in [0.1, 0.15) is 20.7 Å². The minimum Gasteiger partial charge on any atom is -0.454 e. The Labute approximate surface area is 138 Å². The molecule has 3 aromatic carbocycles. The van der Waals surface area contributed by atoms with Crippen LogP contribution in [-0.2, 0) is 0 Å². The molecule has 0 bridgehead atoms. The number of aldehydes is 1. The summed E-state index contributed by atoms with van der Waals surface area (Å²) in [6.07, 6.45) is 0.805. The number of fused-ring (bicyclic) bond motifs is 2. The summed E-state index contributed by atoms with van der Waals surface area (Å²) in [6.45, 7) is 0. The molecule has 0 aromatic heterocycles. The van der Waals surface area contributed by atoms with E-state index in [2.05, 4.69) is 5.32 Å². The maximum atomic E-state index is 12.5. The van der Waals surface area contributed by atoms with Crippen LogP contribution in [-0.4, -0.2) is 12.2 Å². The smallest absolute Gasteiger partial charge is 0.259 e. The lowest BCUT2D eigenvalue weighted by atomic mass is 10.0. The summed E-state index contributed by atoms with van der Waals surface area (Å²) in [6, 6.07) is 20.0. The molecule has 1 amide bonds. The number of ether oxygens (including phenoxy) is 1. The first-order valence-electron chi connectivity index (χ1n) is 7.52. The Morgan fingerprint density at radius 1 is 0.833 bits per heavy atom. The molecule has 1 N–H and O–H groups in total. The fraction of sp³-hybridized carbons (Fsp3) is 0. The van der Waals surface area contributed by atoms with E-state index in [0.29, 0.717) is 28.3 Å². The van der Waals surface area contributed by atoms with Crippen molar-refractivity contribution < 1.29 is 14.3 Å². The number of hydrogen-bond acceptors (Lipinski definition) is 3. The molecular formula is C20H13NO3. The molecule has 4 nitrogen and oxygen atoms in total. The Balaban J connectivity index is 1.76. The van der Waals surface area contributed by atoms with Crippen molar-refractivity contribution >= 4 is 17.9 Å². The first kappa shape index (κ1) is 14.2. The van der Waals surface area contributed by atoms with Gasteiger partial charge in [-0.2, -0.15) is 0 Å². The summed E-state index contributed by atoms with van der Waals surface area (Å²) >= 11 is 0. The van der Waals surface area contributed by atoms with E-state index in [0.717, 1.165) is 17.4 Å². The molecule has 0 fully saturated rings. The number of rotatable bonds is 2. The van der Waals surface area contributed by atoms with Crippen molar-refractivity contribution in [1.29, 1.82) is 0 Å². The third kappa shape index (κ3) is 2.44. The predicted octanol–water partition coefficient (Wildman–Crippen LogP) is 4.52. The van der Waals surface area contributed by atoms with E-state index < -0.39 is 0 Å². The Kier molecular flexibility index (Phi) is 3.35. The summed E-state index contributed by atoms with van der Waals surface area (Å²) in [7, 11) is 0. The maximum Gasteiger partial charge on any atom is 0.259 e. The van der Waals surface area contributed by atoms with Crippen LogP contribution in [0.25, 0.3) is 11.1 Å². The molecule has 1 aliphatic heterocycles. The SMILES string of the molecule is O=Cc1ccc(-c2ccc3c(c2)C(=O)Nc2ccccc2O3)cc1. The number of para-hydroxylation sites is 2. The lowest BCUT2D eigenvalue weighted by molar-refractivity contribution is 0.102. The second-order valence-corrected chi connectivity index (χ2v) is 5.50. The molecule has 0 radical (unpaired) electrons. The van der Waals surface area contributed by atoms with E-state index in [1.54, 1.807) is 30.3 Å². The third-order valence-corrected chi connectivity index (χ3v) is 3.96. The van der Waals surface area contributed by atoms with Crippen molar-refractivity contribution in [2.24, 2.45) is 0 Å². The van der Waals surface area contributed by atoms with Gasteiger partial charge in [0.25, 0.3) is 5.91 Å². The van der Waals surface area contributed by atoms with Crippen LogP contribution in [0.15, 0.2) is 66.7 Å². The van der Waals surface area contributed by atoms with E-state index in [9.17, 15) is 9.59 Å². The van der Waals surface area contributed by atoms with Crippen molar-refractivity contribution in [3.8, 4) is 22.6 Å². The Hall–Kier alpha value is -3.40. The predicted molar refractivity (Wildman–Crippen MR) is 91.7 cm³/mol. The first-order chi connectivity index (χ1) is 11.7. The molecule has 3 aromatic rings. The largest absolute Gasteiger partial charge is 0.454 e.